The van der Waals surface area contributed by atoms with E-state index in [1.807, 2.05) is 13.8 Å². The maximum Gasteiger partial charge on any atom is 0.252 e. The molecule has 0 spiro atoms. The topological polar surface area (TPSA) is 74.2 Å². The average Bonchev–Trinajstić information content (AvgIpc) is 2.87. The lowest BCUT2D eigenvalue weighted by atomic mass is 9.76. The number of nitrogens with two attached hydrogens (primary N) is 1. The minimum absolute atomic E-state index is 0.155. The predicted octanol–water partition coefficient (Wildman–Crippen LogP) is 2.75. The van der Waals surface area contributed by atoms with Crippen molar-refractivity contribution < 1.29 is 9.26 Å². The van der Waals surface area contributed by atoms with Gasteiger partial charge in [0.25, 0.3) is 5.89 Å². The van der Waals surface area contributed by atoms with E-state index < -0.39 is 5.54 Å². The van der Waals surface area contributed by atoms with Crippen molar-refractivity contribution in [2.75, 3.05) is 0 Å². The van der Waals surface area contributed by atoms with E-state index in [1.54, 1.807) is 0 Å². The van der Waals surface area contributed by atoms with Gasteiger partial charge in [0.2, 0.25) is 0 Å². The van der Waals surface area contributed by atoms with Crippen LogP contribution in [0, 0.1) is 5.92 Å². The van der Waals surface area contributed by atoms with Gasteiger partial charge in [-0.2, -0.15) is 4.98 Å². The summed E-state index contributed by atoms with van der Waals surface area (Å²) in [6.45, 7) is 6.56. The van der Waals surface area contributed by atoms with E-state index in [0.717, 1.165) is 31.6 Å². The summed E-state index contributed by atoms with van der Waals surface area (Å²) in [5.41, 5.74) is 6.03. The molecule has 2 rings (SSSR count). The van der Waals surface area contributed by atoms with Crippen LogP contribution in [0.2, 0.25) is 0 Å². The summed E-state index contributed by atoms with van der Waals surface area (Å²) in [6.07, 6.45) is 5.57. The highest BCUT2D eigenvalue weighted by Crippen LogP contribution is 2.37. The van der Waals surface area contributed by atoms with Gasteiger partial charge in [-0.25, -0.2) is 0 Å². The summed E-state index contributed by atoms with van der Waals surface area (Å²) >= 11 is 0. The van der Waals surface area contributed by atoms with Gasteiger partial charge in [0.15, 0.2) is 5.82 Å². The van der Waals surface area contributed by atoms with E-state index in [0.29, 0.717) is 18.3 Å². The second-order valence-corrected chi connectivity index (χ2v) is 5.88. The SMILES string of the molecule is CCC1CCC(N)(c2noc(COC(C)C)n2)CC1. The van der Waals surface area contributed by atoms with Crippen LogP contribution in [-0.4, -0.2) is 16.2 Å². The third kappa shape index (κ3) is 3.54. The fourth-order valence-electron chi connectivity index (χ4n) is 2.58. The van der Waals surface area contributed by atoms with Gasteiger partial charge >= 0.3 is 0 Å². The van der Waals surface area contributed by atoms with Crippen molar-refractivity contribution in [3.05, 3.63) is 11.7 Å². The summed E-state index contributed by atoms with van der Waals surface area (Å²) in [6, 6.07) is 0. The van der Waals surface area contributed by atoms with Gasteiger partial charge in [-0.05, 0) is 45.4 Å². The molecule has 1 fully saturated rings. The lowest BCUT2D eigenvalue weighted by Crippen LogP contribution is -2.41. The Bertz CT molecular complexity index is 395. The Morgan fingerprint density at radius 1 is 1.42 bits per heavy atom. The Kier molecular flexibility index (Phi) is 4.58. The molecule has 2 N–H and O–H groups in total. The molecule has 1 aliphatic carbocycles. The second-order valence-electron chi connectivity index (χ2n) is 5.88. The summed E-state index contributed by atoms with van der Waals surface area (Å²) < 4.78 is 10.7. The first kappa shape index (κ1) is 14.5. The van der Waals surface area contributed by atoms with Crippen LogP contribution >= 0.6 is 0 Å². The maximum absolute atomic E-state index is 6.44. The summed E-state index contributed by atoms with van der Waals surface area (Å²) in [7, 11) is 0. The van der Waals surface area contributed by atoms with E-state index in [-0.39, 0.29) is 6.10 Å². The van der Waals surface area contributed by atoms with Crippen molar-refractivity contribution in [1.82, 2.24) is 10.1 Å². The van der Waals surface area contributed by atoms with Crippen LogP contribution in [0.1, 0.15) is 64.6 Å². The van der Waals surface area contributed by atoms with Gasteiger partial charge in [-0.1, -0.05) is 18.5 Å². The minimum Gasteiger partial charge on any atom is -0.369 e. The van der Waals surface area contributed by atoms with Gasteiger partial charge in [0.1, 0.15) is 6.61 Å². The highest BCUT2D eigenvalue weighted by atomic mass is 16.5. The summed E-state index contributed by atoms with van der Waals surface area (Å²) in [5.74, 6) is 1.96. The zero-order valence-corrected chi connectivity index (χ0v) is 12.2. The average molecular weight is 267 g/mol. The third-order valence-corrected chi connectivity index (χ3v) is 4.03. The number of ether oxygens (including phenoxy) is 1. The fourth-order valence-corrected chi connectivity index (χ4v) is 2.58. The van der Waals surface area contributed by atoms with E-state index in [9.17, 15) is 0 Å². The third-order valence-electron chi connectivity index (χ3n) is 4.03. The molecule has 1 aromatic heterocycles. The molecule has 0 atom stereocenters. The molecule has 0 unspecified atom stereocenters. The summed E-state index contributed by atoms with van der Waals surface area (Å²) in [5, 5.41) is 4.05. The lowest BCUT2D eigenvalue weighted by molar-refractivity contribution is 0.0485. The van der Waals surface area contributed by atoms with Crippen molar-refractivity contribution in [2.24, 2.45) is 11.7 Å². The van der Waals surface area contributed by atoms with E-state index in [1.165, 1.54) is 6.42 Å². The smallest absolute Gasteiger partial charge is 0.252 e. The minimum atomic E-state index is -0.411. The summed E-state index contributed by atoms with van der Waals surface area (Å²) in [4.78, 5) is 4.40. The van der Waals surface area contributed by atoms with E-state index >= 15 is 0 Å². The van der Waals surface area contributed by atoms with E-state index in [2.05, 4.69) is 17.1 Å². The van der Waals surface area contributed by atoms with Crippen molar-refractivity contribution in [3.63, 3.8) is 0 Å². The molecular weight excluding hydrogens is 242 g/mol. The first-order valence-electron chi connectivity index (χ1n) is 7.27. The van der Waals surface area contributed by atoms with Gasteiger partial charge in [0, 0.05) is 0 Å². The molecule has 108 valence electrons. The Labute approximate surface area is 114 Å². The number of rotatable bonds is 5. The molecule has 0 aromatic carbocycles. The molecule has 1 heterocycles. The number of aromatic nitrogens is 2. The van der Waals surface area contributed by atoms with Crippen molar-refractivity contribution in [2.45, 2.75) is 71.1 Å². The molecule has 0 amide bonds. The van der Waals surface area contributed by atoms with Gasteiger partial charge in [0.05, 0.1) is 11.6 Å². The van der Waals surface area contributed by atoms with Crippen molar-refractivity contribution in [3.8, 4) is 0 Å². The number of hydrogen-bond acceptors (Lipinski definition) is 5. The van der Waals surface area contributed by atoms with Crippen molar-refractivity contribution >= 4 is 0 Å². The molecule has 0 aliphatic heterocycles. The molecule has 1 aliphatic rings. The molecule has 5 heteroatoms. The molecule has 1 aromatic rings. The predicted molar refractivity (Wildman–Crippen MR) is 72.3 cm³/mol. The molecule has 1 saturated carbocycles. The standard InChI is InChI=1S/C14H25N3O2/c1-4-11-5-7-14(15,8-6-11)13-16-12(19-17-13)9-18-10(2)3/h10-11H,4-9,15H2,1-3H3. The van der Waals surface area contributed by atoms with Crippen LogP contribution in [0.25, 0.3) is 0 Å². The molecule has 0 bridgehead atoms. The molecule has 0 saturated heterocycles. The van der Waals surface area contributed by atoms with Crippen LogP contribution in [0.5, 0.6) is 0 Å². The largest absolute Gasteiger partial charge is 0.369 e. The molecule has 0 radical (unpaired) electrons. The number of nitrogens with zero attached hydrogens (tertiary/aromatic N) is 2. The first-order chi connectivity index (χ1) is 9.03. The Balaban J connectivity index is 1.97. The Morgan fingerprint density at radius 2 is 2.11 bits per heavy atom. The van der Waals surface area contributed by atoms with Gasteiger partial charge in [-0.3, -0.25) is 0 Å². The van der Waals surface area contributed by atoms with Gasteiger partial charge < -0.3 is 15.0 Å². The van der Waals surface area contributed by atoms with Crippen molar-refractivity contribution in [1.29, 1.82) is 0 Å². The molecular formula is C14H25N3O2. The number of hydrogen-bond donors (Lipinski definition) is 1. The maximum atomic E-state index is 6.44. The van der Waals surface area contributed by atoms with Crippen LogP contribution < -0.4 is 5.73 Å². The van der Waals surface area contributed by atoms with Crippen LogP contribution in [0.15, 0.2) is 4.52 Å². The highest BCUT2D eigenvalue weighted by Gasteiger charge is 2.36. The van der Waals surface area contributed by atoms with E-state index in [4.69, 9.17) is 15.0 Å². The van der Waals surface area contributed by atoms with Gasteiger partial charge in [-0.15, -0.1) is 0 Å². The van der Waals surface area contributed by atoms with Crippen LogP contribution in [0.4, 0.5) is 0 Å². The quantitative estimate of drug-likeness (QED) is 0.888. The molecule has 5 nitrogen and oxygen atoms in total. The second kappa shape index (κ2) is 6.01. The first-order valence-corrected chi connectivity index (χ1v) is 7.27. The van der Waals surface area contributed by atoms with Crippen LogP contribution in [-0.2, 0) is 16.9 Å². The Morgan fingerprint density at radius 3 is 2.68 bits per heavy atom. The van der Waals surface area contributed by atoms with Crippen LogP contribution in [0.3, 0.4) is 0 Å². The fraction of sp³-hybridized carbons (Fsp3) is 0.857. The monoisotopic (exact) mass is 267 g/mol. The molecule has 19 heavy (non-hydrogen) atoms. The zero-order chi connectivity index (χ0) is 13.9. The normalized spacial score (nSPS) is 27.9. The zero-order valence-electron chi connectivity index (χ0n) is 12.2. The Hall–Kier alpha value is -0.940. The highest BCUT2D eigenvalue weighted by molar-refractivity contribution is 5.05. The lowest BCUT2D eigenvalue weighted by Gasteiger charge is -2.34.